The number of urea groups is 1. The molecule has 0 saturated carbocycles. The number of rotatable bonds is 5. The Kier molecular flexibility index (Phi) is 7.09. The number of nitrogens with one attached hydrogen (secondary N) is 1. The molecule has 4 aromatic rings. The molecule has 1 heterocycles. The summed E-state index contributed by atoms with van der Waals surface area (Å²) < 4.78 is 0. The SMILES string of the molecule is O=C(Nc1ccc(Sc2ccccc2)cc1)N1CC(c2ccc(Cl)cc2)C(c2ccc(Cl)cc2)=N1. The molecule has 0 aromatic heterocycles. The van der Waals surface area contributed by atoms with Gasteiger partial charge in [-0.25, -0.2) is 9.80 Å². The van der Waals surface area contributed by atoms with Crippen molar-refractivity contribution in [2.45, 2.75) is 15.7 Å². The summed E-state index contributed by atoms with van der Waals surface area (Å²) in [7, 11) is 0. The van der Waals surface area contributed by atoms with Crippen LogP contribution in [0.4, 0.5) is 10.5 Å². The monoisotopic (exact) mass is 517 g/mol. The van der Waals surface area contributed by atoms with Crippen molar-refractivity contribution < 1.29 is 4.79 Å². The number of benzene rings is 4. The van der Waals surface area contributed by atoms with Crippen LogP contribution in [0.2, 0.25) is 10.0 Å². The number of carbonyl (C=O) groups is 1. The molecular weight excluding hydrogens is 497 g/mol. The average molecular weight is 518 g/mol. The van der Waals surface area contributed by atoms with Crippen LogP contribution in [-0.2, 0) is 0 Å². The Morgan fingerprint density at radius 2 is 1.40 bits per heavy atom. The van der Waals surface area contributed by atoms with Gasteiger partial charge in [0.2, 0.25) is 0 Å². The summed E-state index contributed by atoms with van der Waals surface area (Å²) in [5.41, 5.74) is 3.49. The Labute approximate surface area is 218 Å². The number of anilines is 1. The van der Waals surface area contributed by atoms with Gasteiger partial charge in [0.1, 0.15) is 0 Å². The number of hydrazone groups is 1. The van der Waals surface area contributed by atoms with E-state index in [0.717, 1.165) is 21.7 Å². The van der Waals surface area contributed by atoms with Gasteiger partial charge in [0, 0.05) is 31.4 Å². The quantitative estimate of drug-likeness (QED) is 0.290. The fourth-order valence-corrected chi connectivity index (χ4v) is 4.97. The summed E-state index contributed by atoms with van der Waals surface area (Å²) in [5, 5.41) is 10.5. The lowest BCUT2D eigenvalue weighted by Crippen LogP contribution is -2.30. The minimum Gasteiger partial charge on any atom is -0.306 e. The minimum absolute atomic E-state index is 0.0798. The van der Waals surface area contributed by atoms with Crippen LogP contribution < -0.4 is 5.32 Å². The molecule has 4 aromatic carbocycles. The third kappa shape index (κ3) is 5.70. The molecule has 0 spiro atoms. The first kappa shape index (κ1) is 23.5. The van der Waals surface area contributed by atoms with Crippen LogP contribution in [-0.4, -0.2) is 23.3 Å². The fourth-order valence-electron chi connectivity index (χ4n) is 3.89. The molecule has 7 heteroatoms. The van der Waals surface area contributed by atoms with Gasteiger partial charge in [0.05, 0.1) is 12.3 Å². The van der Waals surface area contributed by atoms with Crippen LogP contribution >= 0.6 is 35.0 Å². The van der Waals surface area contributed by atoms with E-state index in [1.54, 1.807) is 11.8 Å². The number of hydrogen-bond acceptors (Lipinski definition) is 3. The predicted molar refractivity (Wildman–Crippen MR) is 145 cm³/mol. The van der Waals surface area contributed by atoms with E-state index in [0.29, 0.717) is 22.3 Å². The van der Waals surface area contributed by atoms with Gasteiger partial charge in [0.25, 0.3) is 0 Å². The first-order valence-corrected chi connectivity index (χ1v) is 12.6. The molecule has 35 heavy (non-hydrogen) atoms. The highest BCUT2D eigenvalue weighted by atomic mass is 35.5. The second kappa shape index (κ2) is 10.6. The Morgan fingerprint density at radius 1 is 0.800 bits per heavy atom. The van der Waals surface area contributed by atoms with E-state index >= 15 is 0 Å². The molecule has 1 N–H and O–H groups in total. The van der Waals surface area contributed by atoms with E-state index in [-0.39, 0.29) is 11.9 Å². The van der Waals surface area contributed by atoms with Crippen LogP contribution in [0.15, 0.2) is 118 Å². The van der Waals surface area contributed by atoms with Crippen LogP contribution in [0.3, 0.4) is 0 Å². The van der Waals surface area contributed by atoms with E-state index in [1.807, 2.05) is 91.0 Å². The number of hydrogen-bond donors (Lipinski definition) is 1. The van der Waals surface area contributed by atoms with Crippen molar-refractivity contribution in [3.05, 3.63) is 124 Å². The smallest absolute Gasteiger partial charge is 0.306 e. The molecule has 0 radical (unpaired) electrons. The first-order chi connectivity index (χ1) is 17.0. The van der Waals surface area contributed by atoms with Crippen molar-refractivity contribution in [1.29, 1.82) is 0 Å². The van der Waals surface area contributed by atoms with Crippen LogP contribution in [0.25, 0.3) is 0 Å². The van der Waals surface area contributed by atoms with Crippen molar-refractivity contribution in [2.75, 3.05) is 11.9 Å². The maximum absolute atomic E-state index is 13.1. The maximum Gasteiger partial charge on any atom is 0.342 e. The maximum atomic E-state index is 13.1. The first-order valence-electron chi connectivity index (χ1n) is 11.1. The highest BCUT2D eigenvalue weighted by Gasteiger charge is 2.32. The van der Waals surface area contributed by atoms with Gasteiger partial charge in [-0.2, -0.15) is 5.10 Å². The summed E-state index contributed by atoms with van der Waals surface area (Å²) in [4.78, 5) is 15.4. The van der Waals surface area contributed by atoms with Gasteiger partial charge in [-0.1, -0.05) is 77.4 Å². The highest BCUT2D eigenvalue weighted by molar-refractivity contribution is 7.99. The van der Waals surface area contributed by atoms with Crippen LogP contribution in [0, 0.1) is 0 Å². The zero-order valence-electron chi connectivity index (χ0n) is 18.6. The lowest BCUT2D eigenvalue weighted by Gasteiger charge is -2.16. The largest absolute Gasteiger partial charge is 0.342 e. The summed E-state index contributed by atoms with van der Waals surface area (Å²) in [6.45, 7) is 0.424. The lowest BCUT2D eigenvalue weighted by atomic mass is 9.91. The van der Waals surface area contributed by atoms with Crippen LogP contribution in [0.5, 0.6) is 0 Å². The van der Waals surface area contributed by atoms with Crippen molar-refractivity contribution in [3.63, 3.8) is 0 Å². The van der Waals surface area contributed by atoms with Gasteiger partial charge >= 0.3 is 6.03 Å². The molecule has 0 saturated heterocycles. The summed E-state index contributed by atoms with van der Waals surface area (Å²) in [6, 6.07) is 32.9. The molecule has 1 aliphatic rings. The van der Waals surface area contributed by atoms with E-state index in [4.69, 9.17) is 28.3 Å². The topological polar surface area (TPSA) is 44.7 Å². The van der Waals surface area contributed by atoms with E-state index in [1.165, 1.54) is 9.90 Å². The van der Waals surface area contributed by atoms with Gasteiger partial charge in [0.15, 0.2) is 0 Å². The minimum atomic E-state index is -0.281. The van der Waals surface area contributed by atoms with Gasteiger partial charge < -0.3 is 5.32 Å². The van der Waals surface area contributed by atoms with Crippen molar-refractivity contribution in [3.8, 4) is 0 Å². The zero-order chi connectivity index (χ0) is 24.2. The number of halogens is 2. The van der Waals surface area contributed by atoms with E-state index in [2.05, 4.69) is 17.4 Å². The molecule has 5 rings (SSSR count). The molecule has 0 aliphatic carbocycles. The number of amides is 2. The molecule has 0 bridgehead atoms. The molecule has 1 atom stereocenters. The average Bonchev–Trinajstić information content (AvgIpc) is 3.32. The fraction of sp³-hybridized carbons (Fsp3) is 0.0714. The lowest BCUT2D eigenvalue weighted by molar-refractivity contribution is 0.218. The normalized spacial score (nSPS) is 15.1. The van der Waals surface area contributed by atoms with Crippen molar-refractivity contribution >= 4 is 52.4 Å². The third-order valence-corrected chi connectivity index (χ3v) is 7.16. The number of carbonyl (C=O) groups excluding carboxylic acids is 1. The summed E-state index contributed by atoms with van der Waals surface area (Å²) in [5.74, 6) is -0.0798. The molecule has 4 nitrogen and oxygen atoms in total. The summed E-state index contributed by atoms with van der Waals surface area (Å²) >= 11 is 13.9. The standard InChI is InChI=1S/C28H21Cl2N3OS/c29-21-10-6-19(7-11-21)26-18-33(32-27(26)20-8-12-22(30)13-9-20)28(34)31-23-14-16-25(17-15-23)35-24-4-2-1-3-5-24/h1-17,26H,18H2,(H,31,34). The molecule has 2 amide bonds. The number of nitrogens with zero attached hydrogens (tertiary/aromatic N) is 2. The zero-order valence-corrected chi connectivity index (χ0v) is 20.9. The Hall–Kier alpha value is -3.25. The third-order valence-electron chi connectivity index (χ3n) is 5.65. The molecular formula is C28H21Cl2N3OS. The van der Waals surface area contributed by atoms with Gasteiger partial charge in [-0.15, -0.1) is 0 Å². The van der Waals surface area contributed by atoms with E-state index < -0.39 is 0 Å². The van der Waals surface area contributed by atoms with Crippen LogP contribution in [0.1, 0.15) is 17.0 Å². The molecule has 1 aliphatic heterocycles. The second-order valence-corrected chi connectivity index (χ2v) is 10.1. The van der Waals surface area contributed by atoms with E-state index in [9.17, 15) is 4.79 Å². The molecule has 174 valence electrons. The van der Waals surface area contributed by atoms with Crippen molar-refractivity contribution in [2.24, 2.45) is 5.10 Å². The Morgan fingerprint density at radius 3 is 2.06 bits per heavy atom. The Bertz CT molecular complexity index is 1340. The highest BCUT2D eigenvalue weighted by Crippen LogP contribution is 2.31. The summed E-state index contributed by atoms with van der Waals surface area (Å²) in [6.07, 6.45) is 0. The molecule has 1 unspecified atom stereocenters. The predicted octanol–water partition coefficient (Wildman–Crippen LogP) is 8.18. The van der Waals surface area contributed by atoms with Gasteiger partial charge in [-0.3, -0.25) is 0 Å². The van der Waals surface area contributed by atoms with Crippen molar-refractivity contribution in [1.82, 2.24) is 5.01 Å². The second-order valence-electron chi connectivity index (χ2n) is 8.05. The van der Waals surface area contributed by atoms with Gasteiger partial charge in [-0.05, 0) is 71.8 Å². The molecule has 0 fully saturated rings. The Balaban J connectivity index is 1.33.